The molecule has 2 aromatic rings. The number of nitrogens with two attached hydrogens (primary N) is 1. The molecule has 1 aliphatic heterocycles. The summed E-state index contributed by atoms with van der Waals surface area (Å²) in [4.78, 5) is 1.33. The lowest BCUT2D eigenvalue weighted by molar-refractivity contribution is 1.13. The van der Waals surface area contributed by atoms with Crippen LogP contribution in [0.4, 0.5) is 11.4 Å². The third-order valence-corrected chi connectivity index (χ3v) is 4.13. The molecule has 86 valence electrons. The van der Waals surface area contributed by atoms with Gasteiger partial charge in [0.15, 0.2) is 0 Å². The highest BCUT2D eigenvalue weighted by Crippen LogP contribution is 2.46. The number of aryl methyl sites for hydroxylation is 1. The average molecular weight is 242 g/mol. The Morgan fingerprint density at radius 1 is 1.12 bits per heavy atom. The van der Waals surface area contributed by atoms with Gasteiger partial charge in [0, 0.05) is 16.3 Å². The van der Waals surface area contributed by atoms with Gasteiger partial charge < -0.3 is 11.1 Å². The Kier molecular flexibility index (Phi) is 2.48. The first-order valence-corrected chi connectivity index (χ1v) is 6.49. The van der Waals surface area contributed by atoms with Crippen molar-refractivity contribution in [2.45, 2.75) is 17.2 Å². The van der Waals surface area contributed by atoms with Crippen molar-refractivity contribution in [2.24, 2.45) is 0 Å². The summed E-state index contributed by atoms with van der Waals surface area (Å²) in [7, 11) is 0. The zero-order chi connectivity index (χ0) is 11.8. The molecule has 3 rings (SSSR count). The van der Waals surface area contributed by atoms with E-state index in [0.29, 0.717) is 5.37 Å². The van der Waals surface area contributed by atoms with Crippen molar-refractivity contribution in [3.63, 3.8) is 0 Å². The van der Waals surface area contributed by atoms with E-state index in [1.165, 1.54) is 21.7 Å². The lowest BCUT2D eigenvalue weighted by atomic mass is 10.2. The summed E-state index contributed by atoms with van der Waals surface area (Å²) in [5.74, 6) is 0. The summed E-state index contributed by atoms with van der Waals surface area (Å²) >= 11 is 1.86. The molecule has 2 nitrogen and oxygen atoms in total. The summed E-state index contributed by atoms with van der Waals surface area (Å²) in [6.45, 7) is 2.12. The van der Waals surface area contributed by atoms with Crippen LogP contribution in [0.2, 0.25) is 0 Å². The van der Waals surface area contributed by atoms with Gasteiger partial charge in [-0.2, -0.15) is 0 Å². The smallest absolute Gasteiger partial charge is 0.103 e. The quantitative estimate of drug-likeness (QED) is 0.747. The molecule has 0 aromatic heterocycles. The van der Waals surface area contributed by atoms with Crippen LogP contribution in [0.5, 0.6) is 0 Å². The molecule has 0 saturated carbocycles. The third-order valence-electron chi connectivity index (χ3n) is 2.91. The number of nitrogens with one attached hydrogen (secondary N) is 1. The van der Waals surface area contributed by atoms with E-state index in [-0.39, 0.29) is 0 Å². The highest BCUT2D eigenvalue weighted by Gasteiger charge is 2.22. The Morgan fingerprint density at radius 3 is 2.65 bits per heavy atom. The number of rotatable bonds is 1. The number of thioether (sulfide) groups is 1. The minimum absolute atomic E-state index is 0.299. The zero-order valence-corrected chi connectivity index (χ0v) is 10.4. The van der Waals surface area contributed by atoms with Crippen LogP contribution in [0.15, 0.2) is 47.4 Å². The molecular weight excluding hydrogens is 228 g/mol. The molecule has 0 bridgehead atoms. The Hall–Kier alpha value is -1.61. The molecule has 0 amide bonds. The van der Waals surface area contributed by atoms with Crippen molar-refractivity contribution in [1.82, 2.24) is 0 Å². The van der Waals surface area contributed by atoms with E-state index in [0.717, 1.165) is 5.69 Å². The normalized spacial score (nSPS) is 17.6. The SMILES string of the molecule is Cc1ccc2c(c1)SC(c1ccc(N)cc1)N2. The molecule has 3 heteroatoms. The molecule has 3 N–H and O–H groups in total. The van der Waals surface area contributed by atoms with Crippen LogP contribution in [-0.4, -0.2) is 0 Å². The predicted octanol–water partition coefficient (Wildman–Crippen LogP) is 3.79. The monoisotopic (exact) mass is 242 g/mol. The lowest BCUT2D eigenvalue weighted by Crippen LogP contribution is -2.00. The fraction of sp³-hybridized carbons (Fsp3) is 0.143. The molecule has 0 fully saturated rings. The maximum atomic E-state index is 5.70. The second-order valence-electron chi connectivity index (χ2n) is 4.31. The molecule has 0 radical (unpaired) electrons. The molecule has 17 heavy (non-hydrogen) atoms. The molecule has 0 spiro atoms. The van der Waals surface area contributed by atoms with Gasteiger partial charge in [0.2, 0.25) is 0 Å². The van der Waals surface area contributed by atoms with Gasteiger partial charge in [0.1, 0.15) is 5.37 Å². The van der Waals surface area contributed by atoms with Crippen LogP contribution in [0.25, 0.3) is 0 Å². The van der Waals surface area contributed by atoms with E-state index in [1.807, 2.05) is 23.9 Å². The fourth-order valence-electron chi connectivity index (χ4n) is 1.97. The van der Waals surface area contributed by atoms with E-state index < -0.39 is 0 Å². The zero-order valence-electron chi connectivity index (χ0n) is 9.60. The first-order chi connectivity index (χ1) is 8.22. The second kappa shape index (κ2) is 4.00. The van der Waals surface area contributed by atoms with Gasteiger partial charge in [-0.1, -0.05) is 30.0 Å². The van der Waals surface area contributed by atoms with Crippen LogP contribution < -0.4 is 11.1 Å². The number of nitrogen functional groups attached to an aromatic ring is 1. The highest BCUT2D eigenvalue weighted by molar-refractivity contribution is 8.00. The number of hydrogen-bond donors (Lipinski definition) is 2. The maximum absolute atomic E-state index is 5.70. The van der Waals surface area contributed by atoms with E-state index in [4.69, 9.17) is 5.73 Å². The van der Waals surface area contributed by atoms with Gasteiger partial charge in [-0.25, -0.2) is 0 Å². The fourth-order valence-corrected chi connectivity index (χ4v) is 3.21. The van der Waals surface area contributed by atoms with Crippen LogP contribution in [-0.2, 0) is 0 Å². The number of hydrogen-bond acceptors (Lipinski definition) is 3. The summed E-state index contributed by atoms with van der Waals surface area (Å²) in [6.07, 6.45) is 0. The number of fused-ring (bicyclic) bond motifs is 1. The van der Waals surface area contributed by atoms with Crippen molar-refractivity contribution in [3.05, 3.63) is 53.6 Å². The lowest BCUT2D eigenvalue weighted by Gasteiger charge is -2.10. The third kappa shape index (κ3) is 1.98. The number of benzene rings is 2. The summed E-state index contributed by atoms with van der Waals surface area (Å²) < 4.78 is 0. The summed E-state index contributed by atoms with van der Waals surface area (Å²) in [5, 5.41) is 3.82. The van der Waals surface area contributed by atoms with E-state index >= 15 is 0 Å². The van der Waals surface area contributed by atoms with Crippen molar-refractivity contribution >= 4 is 23.1 Å². The van der Waals surface area contributed by atoms with Crippen LogP contribution in [0.3, 0.4) is 0 Å². The minimum atomic E-state index is 0.299. The Morgan fingerprint density at radius 2 is 1.88 bits per heavy atom. The molecule has 0 aliphatic carbocycles. The van der Waals surface area contributed by atoms with Crippen molar-refractivity contribution in [1.29, 1.82) is 0 Å². The first kappa shape index (κ1) is 10.5. The van der Waals surface area contributed by atoms with Gasteiger partial charge in [-0.15, -0.1) is 0 Å². The maximum Gasteiger partial charge on any atom is 0.103 e. The van der Waals surface area contributed by atoms with Crippen LogP contribution >= 0.6 is 11.8 Å². The van der Waals surface area contributed by atoms with E-state index in [1.54, 1.807) is 0 Å². The second-order valence-corrected chi connectivity index (χ2v) is 5.46. The van der Waals surface area contributed by atoms with E-state index in [9.17, 15) is 0 Å². The Balaban J connectivity index is 1.88. The molecule has 2 aromatic carbocycles. The molecule has 1 atom stereocenters. The molecule has 1 unspecified atom stereocenters. The van der Waals surface area contributed by atoms with Crippen molar-refractivity contribution in [3.8, 4) is 0 Å². The van der Waals surface area contributed by atoms with Crippen LogP contribution in [0, 0.1) is 6.92 Å². The highest BCUT2D eigenvalue weighted by atomic mass is 32.2. The Bertz CT molecular complexity index is 549. The molecule has 1 aliphatic rings. The van der Waals surface area contributed by atoms with Crippen molar-refractivity contribution < 1.29 is 0 Å². The minimum Gasteiger partial charge on any atom is -0.399 e. The Labute approximate surface area is 105 Å². The van der Waals surface area contributed by atoms with Crippen LogP contribution in [0.1, 0.15) is 16.5 Å². The van der Waals surface area contributed by atoms with Gasteiger partial charge in [0.25, 0.3) is 0 Å². The van der Waals surface area contributed by atoms with Gasteiger partial charge in [-0.3, -0.25) is 0 Å². The molecule has 1 heterocycles. The van der Waals surface area contributed by atoms with E-state index in [2.05, 4.69) is 42.6 Å². The molecular formula is C14H14N2S. The molecule has 0 saturated heterocycles. The summed E-state index contributed by atoms with van der Waals surface area (Å²) in [6, 6.07) is 14.6. The predicted molar refractivity (Wildman–Crippen MR) is 74.3 cm³/mol. The standard InChI is InChI=1S/C14H14N2S/c1-9-2-7-12-13(8-9)17-14(16-12)10-3-5-11(15)6-4-10/h2-8,14,16H,15H2,1H3. The summed E-state index contributed by atoms with van der Waals surface area (Å²) in [5.41, 5.74) is 10.3. The largest absolute Gasteiger partial charge is 0.399 e. The van der Waals surface area contributed by atoms with Gasteiger partial charge >= 0.3 is 0 Å². The van der Waals surface area contributed by atoms with Crippen molar-refractivity contribution in [2.75, 3.05) is 11.1 Å². The van der Waals surface area contributed by atoms with Gasteiger partial charge in [0.05, 0.1) is 0 Å². The number of anilines is 2. The van der Waals surface area contributed by atoms with Gasteiger partial charge in [-0.05, 0) is 42.3 Å². The topological polar surface area (TPSA) is 38.0 Å². The average Bonchev–Trinajstić information content (AvgIpc) is 2.72. The first-order valence-electron chi connectivity index (χ1n) is 5.62.